The van der Waals surface area contributed by atoms with Crippen LogP contribution in [0.25, 0.3) is 22.3 Å². The van der Waals surface area contributed by atoms with Gasteiger partial charge in [-0.1, -0.05) is 6.92 Å². The number of esters is 1. The average Bonchev–Trinajstić information content (AvgIpc) is 3.71. The highest BCUT2D eigenvalue weighted by Gasteiger charge is 2.46. The van der Waals surface area contributed by atoms with Gasteiger partial charge in [-0.05, 0) is 49.3 Å². The molecule has 1 aliphatic carbocycles. The number of aromatic nitrogens is 2. The summed E-state index contributed by atoms with van der Waals surface area (Å²) in [6.07, 6.45) is 1.90. The highest BCUT2D eigenvalue weighted by Crippen LogP contribution is 2.48. The number of hydrogen-bond donors (Lipinski definition) is 3. The van der Waals surface area contributed by atoms with Crippen LogP contribution in [-0.4, -0.2) is 38.3 Å². The molecule has 3 aliphatic heterocycles. The fourth-order valence-electron chi connectivity index (χ4n) is 6.18. The van der Waals surface area contributed by atoms with Gasteiger partial charge in [-0.2, -0.15) is 0 Å². The molecule has 3 atom stereocenters. The molecule has 7 rings (SSSR count). The lowest BCUT2D eigenvalue weighted by Gasteiger charge is -2.31. The maximum Gasteiger partial charge on any atom is 0.343 e. The molecule has 3 aromatic rings. The van der Waals surface area contributed by atoms with Crippen molar-refractivity contribution in [3.8, 4) is 11.4 Å². The molecule has 0 saturated heterocycles. The Morgan fingerprint density at radius 1 is 1.36 bits per heavy atom. The number of nitrogens with zero attached hydrogens (tertiary/aromatic N) is 2. The van der Waals surface area contributed by atoms with E-state index in [1.54, 1.807) is 24.5 Å². The Morgan fingerprint density at radius 2 is 2.13 bits per heavy atom. The fraction of sp³-hybridized carbons (Fsp3) is 0.429. The number of aliphatic hydroxyl groups is 1. The lowest BCUT2D eigenvalue weighted by Crippen LogP contribution is -2.44. The topological polar surface area (TPSA) is 137 Å². The van der Waals surface area contributed by atoms with Crippen molar-refractivity contribution in [2.75, 3.05) is 5.75 Å². The van der Waals surface area contributed by atoms with Crippen LogP contribution in [0.15, 0.2) is 21.8 Å². The van der Waals surface area contributed by atoms with E-state index in [-0.39, 0.29) is 53.9 Å². The lowest BCUT2D eigenvalue weighted by molar-refractivity contribution is -0.172. The number of carbonyl (C=O) groups excluding carboxylic acids is 2. The summed E-state index contributed by atoms with van der Waals surface area (Å²) in [5, 5.41) is 15.1. The molecule has 0 radical (unpaired) electrons. The zero-order chi connectivity index (χ0) is 27.4. The summed E-state index contributed by atoms with van der Waals surface area (Å²) in [4.78, 5) is 44.9. The van der Waals surface area contributed by atoms with Crippen LogP contribution in [0.4, 0.5) is 4.39 Å². The molecule has 1 fully saturated rings. The number of nitrogens with two attached hydrogens (primary N) is 1. The summed E-state index contributed by atoms with van der Waals surface area (Å²) < 4.78 is 21.7. The van der Waals surface area contributed by atoms with Crippen molar-refractivity contribution in [1.82, 2.24) is 14.9 Å². The second kappa shape index (κ2) is 8.36. The molecule has 202 valence electrons. The molecule has 2 aromatic heterocycles. The number of cyclic esters (lactones) is 1. The number of carbonyl (C=O) groups is 2. The number of benzene rings is 1. The Bertz CT molecular complexity index is 1700. The first-order valence-corrected chi connectivity index (χ1v) is 14.1. The summed E-state index contributed by atoms with van der Waals surface area (Å²) in [6.45, 7) is 3.34. The van der Waals surface area contributed by atoms with Crippen molar-refractivity contribution in [3.63, 3.8) is 0 Å². The Morgan fingerprint density at radius 3 is 2.85 bits per heavy atom. The molecule has 1 aromatic carbocycles. The van der Waals surface area contributed by atoms with Crippen LogP contribution in [0, 0.1) is 18.7 Å². The van der Waals surface area contributed by atoms with E-state index in [1.807, 2.05) is 0 Å². The Labute approximate surface area is 226 Å². The van der Waals surface area contributed by atoms with Gasteiger partial charge < -0.3 is 25.5 Å². The fourth-order valence-corrected chi connectivity index (χ4v) is 7.43. The summed E-state index contributed by atoms with van der Waals surface area (Å²) in [5.41, 5.74) is 7.74. The third-order valence-electron chi connectivity index (χ3n) is 8.65. The van der Waals surface area contributed by atoms with Crippen molar-refractivity contribution in [2.24, 2.45) is 11.7 Å². The molecule has 4 N–H and O–H groups in total. The third-order valence-corrected chi connectivity index (χ3v) is 9.95. The number of pyridine rings is 2. The van der Waals surface area contributed by atoms with Gasteiger partial charge in [0.1, 0.15) is 12.4 Å². The predicted octanol–water partition coefficient (Wildman–Crippen LogP) is 2.53. The molecule has 0 bridgehead atoms. The van der Waals surface area contributed by atoms with Crippen molar-refractivity contribution < 1.29 is 23.8 Å². The van der Waals surface area contributed by atoms with Gasteiger partial charge in [0, 0.05) is 33.2 Å². The van der Waals surface area contributed by atoms with Crippen LogP contribution in [0.3, 0.4) is 0 Å². The van der Waals surface area contributed by atoms with Crippen LogP contribution >= 0.6 is 11.8 Å². The number of ether oxygens (including phenoxy) is 1. The number of thioether (sulfide) groups is 1. The van der Waals surface area contributed by atoms with Gasteiger partial charge in [-0.25, -0.2) is 14.2 Å². The van der Waals surface area contributed by atoms with E-state index in [9.17, 15) is 19.5 Å². The molecular weight excluding hydrogens is 523 g/mol. The average molecular weight is 551 g/mol. The van der Waals surface area contributed by atoms with Crippen molar-refractivity contribution in [3.05, 3.63) is 56.1 Å². The summed E-state index contributed by atoms with van der Waals surface area (Å²) in [6, 6.07) is 2.02. The lowest BCUT2D eigenvalue weighted by atomic mass is 9.86. The van der Waals surface area contributed by atoms with E-state index in [0.717, 1.165) is 34.3 Å². The van der Waals surface area contributed by atoms with E-state index in [2.05, 4.69) is 5.32 Å². The number of rotatable bonds is 4. The number of fused-ring (bicyclic) bond motifs is 5. The van der Waals surface area contributed by atoms with E-state index >= 15 is 4.39 Å². The quantitative estimate of drug-likeness (QED) is 0.330. The molecule has 11 heteroatoms. The van der Waals surface area contributed by atoms with E-state index in [0.29, 0.717) is 28.2 Å². The number of amides is 1. The van der Waals surface area contributed by atoms with E-state index < -0.39 is 23.7 Å². The predicted molar refractivity (Wildman–Crippen MR) is 142 cm³/mol. The van der Waals surface area contributed by atoms with Gasteiger partial charge in [0.25, 0.3) is 5.56 Å². The molecule has 1 saturated carbocycles. The first kappa shape index (κ1) is 24.7. The van der Waals surface area contributed by atoms with Crippen LogP contribution in [0.1, 0.15) is 60.0 Å². The van der Waals surface area contributed by atoms with Crippen LogP contribution in [-0.2, 0) is 33.1 Å². The van der Waals surface area contributed by atoms with Gasteiger partial charge in [-0.15, -0.1) is 11.8 Å². The van der Waals surface area contributed by atoms with Gasteiger partial charge in [-0.3, -0.25) is 9.59 Å². The molecule has 1 amide bonds. The molecule has 4 aliphatic rings. The standard InChI is InChI=1S/C28H27FN4O5S/c1-3-28(37)15-6-19-23-13(8-33(19)26(35)14(15)9-38-27(28)36)20-18(32-25(34)22(30)12-4-5-12)10-39-24-11(2)16(29)7-17(31-23)21(20)24/h6-7,12,18,22,37H,3-5,8-10,30H2,1-2H3,(H,32,34)/t18-,22?,28+/m1/s1. The second-order valence-corrected chi connectivity index (χ2v) is 11.9. The smallest absolute Gasteiger partial charge is 0.343 e. The third kappa shape index (κ3) is 3.39. The Balaban J connectivity index is 1.46. The maximum absolute atomic E-state index is 15.0. The minimum absolute atomic E-state index is 0.0331. The van der Waals surface area contributed by atoms with Crippen LogP contribution in [0.5, 0.6) is 0 Å². The maximum atomic E-state index is 15.0. The highest BCUT2D eigenvalue weighted by atomic mass is 32.2. The van der Waals surface area contributed by atoms with Gasteiger partial charge >= 0.3 is 5.97 Å². The van der Waals surface area contributed by atoms with Gasteiger partial charge in [0.15, 0.2) is 5.60 Å². The molecule has 5 heterocycles. The summed E-state index contributed by atoms with van der Waals surface area (Å²) in [5.74, 6) is -0.743. The molecule has 1 unspecified atom stereocenters. The van der Waals surface area contributed by atoms with Crippen molar-refractivity contribution in [1.29, 1.82) is 0 Å². The number of hydrogen-bond acceptors (Lipinski definition) is 8. The Kier molecular flexibility index (Phi) is 5.30. The molecular formula is C28H27FN4O5S. The highest BCUT2D eigenvalue weighted by molar-refractivity contribution is 7.99. The minimum Gasteiger partial charge on any atom is -0.458 e. The SMILES string of the molecule is CC[C@@]1(O)C(=O)OCc2c1cc1n(c2=O)Cc2c-1nc1cc(F)c(C)c3c1c2[C@H](NC(=O)C(N)C1CC1)CS3. The molecule has 39 heavy (non-hydrogen) atoms. The first-order chi connectivity index (χ1) is 18.6. The normalized spacial score (nSPS) is 23.6. The first-order valence-electron chi connectivity index (χ1n) is 13.2. The molecule has 9 nitrogen and oxygen atoms in total. The second-order valence-electron chi connectivity index (χ2n) is 10.9. The van der Waals surface area contributed by atoms with Gasteiger partial charge in [0.05, 0.1) is 41.1 Å². The minimum atomic E-state index is -1.95. The zero-order valence-electron chi connectivity index (χ0n) is 21.5. The van der Waals surface area contributed by atoms with Crippen LogP contribution in [0.2, 0.25) is 0 Å². The number of halogens is 1. The molecule has 0 spiro atoms. The number of nitrogens with one attached hydrogen (secondary N) is 1. The van der Waals surface area contributed by atoms with Crippen LogP contribution < -0.4 is 16.6 Å². The monoisotopic (exact) mass is 550 g/mol. The van der Waals surface area contributed by atoms with E-state index in [1.165, 1.54) is 17.8 Å². The van der Waals surface area contributed by atoms with Gasteiger partial charge in [0.2, 0.25) is 5.91 Å². The summed E-state index contributed by atoms with van der Waals surface area (Å²) >= 11 is 1.47. The van der Waals surface area contributed by atoms with Crippen molar-refractivity contribution in [2.45, 2.75) is 68.8 Å². The van der Waals surface area contributed by atoms with E-state index in [4.69, 9.17) is 15.5 Å². The van der Waals surface area contributed by atoms with Crippen molar-refractivity contribution >= 4 is 34.5 Å². The summed E-state index contributed by atoms with van der Waals surface area (Å²) in [7, 11) is 0. The largest absolute Gasteiger partial charge is 0.458 e. The Hall–Kier alpha value is -3.28. The zero-order valence-corrected chi connectivity index (χ0v) is 22.3.